The van der Waals surface area contributed by atoms with E-state index in [-0.39, 0.29) is 22.9 Å². The molecule has 0 unspecified atom stereocenters. The number of carbonyl (C=O) groups is 1. The lowest BCUT2D eigenvalue weighted by molar-refractivity contribution is 0.102. The number of para-hydroxylation sites is 1. The van der Waals surface area contributed by atoms with E-state index in [2.05, 4.69) is 10.3 Å². The number of methoxy groups -OCH3 is 1. The fourth-order valence-corrected chi connectivity index (χ4v) is 1.53. The number of aromatic nitrogens is 1. The van der Waals surface area contributed by atoms with Crippen LogP contribution in [0, 0.1) is 5.95 Å². The summed E-state index contributed by atoms with van der Waals surface area (Å²) >= 11 is 0. The van der Waals surface area contributed by atoms with Gasteiger partial charge in [0.2, 0.25) is 5.95 Å². The molecule has 19 heavy (non-hydrogen) atoms. The molecule has 2 N–H and O–H groups in total. The van der Waals surface area contributed by atoms with E-state index in [0.29, 0.717) is 0 Å². The third kappa shape index (κ3) is 2.79. The van der Waals surface area contributed by atoms with Crippen LogP contribution < -0.4 is 10.1 Å². The Labute approximate surface area is 108 Å². The van der Waals surface area contributed by atoms with Crippen molar-refractivity contribution in [1.29, 1.82) is 0 Å². The fraction of sp³-hybridized carbons (Fsp3) is 0.0769. The van der Waals surface area contributed by atoms with Crippen LogP contribution in [0.5, 0.6) is 11.5 Å². The monoisotopic (exact) mass is 262 g/mol. The van der Waals surface area contributed by atoms with Crippen molar-refractivity contribution in [3.63, 3.8) is 0 Å². The van der Waals surface area contributed by atoms with Gasteiger partial charge in [0.05, 0.1) is 12.7 Å². The summed E-state index contributed by atoms with van der Waals surface area (Å²) in [6.45, 7) is 0. The zero-order valence-corrected chi connectivity index (χ0v) is 10.1. The highest BCUT2D eigenvalue weighted by molar-refractivity contribution is 6.06. The van der Waals surface area contributed by atoms with Crippen LogP contribution >= 0.6 is 0 Å². The van der Waals surface area contributed by atoms with Gasteiger partial charge >= 0.3 is 0 Å². The molecule has 98 valence electrons. The SMILES string of the molecule is COc1cccc(C(=O)Nc2cccc(F)n2)c1O. The summed E-state index contributed by atoms with van der Waals surface area (Å²) in [6.07, 6.45) is 0. The second-order valence-corrected chi connectivity index (χ2v) is 3.66. The number of hydrogen-bond donors (Lipinski definition) is 2. The van der Waals surface area contributed by atoms with Gasteiger partial charge in [-0.3, -0.25) is 4.79 Å². The average Bonchev–Trinajstić information content (AvgIpc) is 2.39. The van der Waals surface area contributed by atoms with Crippen molar-refractivity contribution in [2.24, 2.45) is 0 Å². The summed E-state index contributed by atoms with van der Waals surface area (Å²) in [4.78, 5) is 15.4. The Kier molecular flexibility index (Phi) is 3.61. The van der Waals surface area contributed by atoms with Crippen molar-refractivity contribution < 1.29 is 19.0 Å². The van der Waals surface area contributed by atoms with Crippen molar-refractivity contribution in [3.8, 4) is 11.5 Å². The molecule has 6 heteroatoms. The molecule has 0 bridgehead atoms. The minimum atomic E-state index is -0.701. The van der Waals surface area contributed by atoms with Crippen LogP contribution in [-0.2, 0) is 0 Å². The van der Waals surface area contributed by atoms with Crippen LogP contribution in [0.2, 0.25) is 0 Å². The lowest BCUT2D eigenvalue weighted by Crippen LogP contribution is -2.13. The van der Waals surface area contributed by atoms with Gasteiger partial charge in [-0.05, 0) is 24.3 Å². The van der Waals surface area contributed by atoms with Gasteiger partial charge in [0, 0.05) is 0 Å². The highest BCUT2D eigenvalue weighted by Crippen LogP contribution is 2.29. The number of phenols is 1. The van der Waals surface area contributed by atoms with Crippen LogP contribution in [0.25, 0.3) is 0 Å². The molecule has 0 fully saturated rings. The average molecular weight is 262 g/mol. The van der Waals surface area contributed by atoms with Gasteiger partial charge in [-0.2, -0.15) is 4.39 Å². The molecule has 0 saturated carbocycles. The van der Waals surface area contributed by atoms with Gasteiger partial charge in [0.25, 0.3) is 5.91 Å². The van der Waals surface area contributed by atoms with Crippen LogP contribution in [0.4, 0.5) is 10.2 Å². The van der Waals surface area contributed by atoms with E-state index in [1.807, 2.05) is 0 Å². The Morgan fingerprint density at radius 3 is 2.74 bits per heavy atom. The number of nitrogens with zero attached hydrogens (tertiary/aromatic N) is 1. The number of hydrogen-bond acceptors (Lipinski definition) is 4. The molecule has 0 aliphatic rings. The predicted octanol–water partition coefficient (Wildman–Crippen LogP) is 2.19. The molecule has 0 spiro atoms. The number of rotatable bonds is 3. The lowest BCUT2D eigenvalue weighted by atomic mass is 10.1. The number of ether oxygens (including phenoxy) is 1. The predicted molar refractivity (Wildman–Crippen MR) is 66.8 cm³/mol. The maximum atomic E-state index is 12.9. The minimum Gasteiger partial charge on any atom is -0.504 e. The molecule has 2 rings (SSSR count). The second kappa shape index (κ2) is 5.34. The first-order chi connectivity index (χ1) is 9.11. The Morgan fingerprint density at radius 2 is 2.05 bits per heavy atom. The van der Waals surface area contributed by atoms with Gasteiger partial charge in [-0.1, -0.05) is 12.1 Å². The summed E-state index contributed by atoms with van der Waals surface area (Å²) < 4.78 is 17.8. The zero-order chi connectivity index (χ0) is 13.8. The molecule has 1 aromatic carbocycles. The number of halogens is 1. The summed E-state index contributed by atoms with van der Waals surface area (Å²) in [5.74, 6) is -1.34. The third-order valence-electron chi connectivity index (χ3n) is 2.42. The van der Waals surface area contributed by atoms with Crippen molar-refractivity contribution >= 4 is 11.7 Å². The molecule has 0 aliphatic carbocycles. The maximum Gasteiger partial charge on any atom is 0.260 e. The van der Waals surface area contributed by atoms with E-state index in [9.17, 15) is 14.3 Å². The number of amides is 1. The van der Waals surface area contributed by atoms with Gasteiger partial charge in [-0.15, -0.1) is 0 Å². The van der Waals surface area contributed by atoms with Crippen molar-refractivity contribution in [3.05, 3.63) is 47.9 Å². The van der Waals surface area contributed by atoms with E-state index in [1.54, 1.807) is 6.07 Å². The summed E-state index contributed by atoms with van der Waals surface area (Å²) in [7, 11) is 1.38. The van der Waals surface area contributed by atoms with Crippen LogP contribution in [0.3, 0.4) is 0 Å². The highest BCUT2D eigenvalue weighted by atomic mass is 19.1. The molecule has 1 heterocycles. The Morgan fingerprint density at radius 1 is 1.32 bits per heavy atom. The van der Waals surface area contributed by atoms with Crippen molar-refractivity contribution in [2.45, 2.75) is 0 Å². The quantitative estimate of drug-likeness (QED) is 0.832. The van der Waals surface area contributed by atoms with E-state index in [0.717, 1.165) is 0 Å². The fourth-order valence-electron chi connectivity index (χ4n) is 1.53. The molecule has 0 saturated heterocycles. The zero-order valence-electron chi connectivity index (χ0n) is 10.1. The molecule has 0 aliphatic heterocycles. The van der Waals surface area contributed by atoms with Gasteiger partial charge in [0.15, 0.2) is 11.5 Å². The molecule has 1 amide bonds. The van der Waals surface area contributed by atoms with E-state index >= 15 is 0 Å². The van der Waals surface area contributed by atoms with E-state index in [4.69, 9.17) is 4.74 Å². The Bertz CT molecular complexity index is 617. The van der Waals surface area contributed by atoms with E-state index < -0.39 is 11.9 Å². The van der Waals surface area contributed by atoms with Crippen LogP contribution in [0.1, 0.15) is 10.4 Å². The number of aromatic hydroxyl groups is 1. The lowest BCUT2D eigenvalue weighted by Gasteiger charge is -2.08. The minimum absolute atomic E-state index is 0.0189. The third-order valence-corrected chi connectivity index (χ3v) is 2.42. The number of nitrogens with one attached hydrogen (secondary N) is 1. The topological polar surface area (TPSA) is 71.5 Å². The number of benzene rings is 1. The molecule has 0 atom stereocenters. The standard InChI is InChI=1S/C13H11FN2O3/c1-19-9-5-2-4-8(12(9)17)13(18)16-11-7-3-6-10(14)15-11/h2-7,17H,1H3,(H,15,16,18). The van der Waals surface area contributed by atoms with Gasteiger partial charge in [-0.25, -0.2) is 4.98 Å². The first kappa shape index (κ1) is 12.8. The number of pyridine rings is 1. The smallest absolute Gasteiger partial charge is 0.260 e. The normalized spacial score (nSPS) is 10.0. The molecule has 2 aromatic rings. The summed E-state index contributed by atoms with van der Waals surface area (Å²) in [6, 6.07) is 8.53. The molecule has 0 radical (unpaired) electrons. The summed E-state index contributed by atoms with van der Waals surface area (Å²) in [5.41, 5.74) is 0.0189. The number of phenolic OH excluding ortho intramolecular Hbond substituents is 1. The number of anilines is 1. The maximum absolute atomic E-state index is 12.9. The Hall–Kier alpha value is -2.63. The molecular formula is C13H11FN2O3. The van der Waals surface area contributed by atoms with Crippen molar-refractivity contribution in [2.75, 3.05) is 12.4 Å². The van der Waals surface area contributed by atoms with Crippen LogP contribution in [-0.4, -0.2) is 23.1 Å². The van der Waals surface area contributed by atoms with Crippen molar-refractivity contribution in [1.82, 2.24) is 4.98 Å². The molecule has 1 aromatic heterocycles. The first-order valence-electron chi connectivity index (χ1n) is 5.41. The second-order valence-electron chi connectivity index (χ2n) is 3.66. The first-order valence-corrected chi connectivity index (χ1v) is 5.41. The Balaban J connectivity index is 2.25. The molecule has 5 nitrogen and oxygen atoms in total. The molecular weight excluding hydrogens is 251 g/mol. The highest BCUT2D eigenvalue weighted by Gasteiger charge is 2.15. The van der Waals surface area contributed by atoms with E-state index in [1.165, 1.54) is 37.4 Å². The van der Waals surface area contributed by atoms with Gasteiger partial charge < -0.3 is 15.2 Å². The van der Waals surface area contributed by atoms with Gasteiger partial charge in [0.1, 0.15) is 5.82 Å². The van der Waals surface area contributed by atoms with Crippen LogP contribution in [0.15, 0.2) is 36.4 Å². The number of carbonyl (C=O) groups excluding carboxylic acids is 1. The largest absolute Gasteiger partial charge is 0.504 e. The summed E-state index contributed by atoms with van der Waals surface area (Å²) in [5, 5.41) is 12.2.